The van der Waals surface area contributed by atoms with Crippen molar-refractivity contribution in [2.75, 3.05) is 5.73 Å². The first-order chi connectivity index (χ1) is 6.88. The number of rotatable bonds is 0. The Bertz CT molecular complexity index is 487. The van der Waals surface area contributed by atoms with Crippen LogP contribution in [0.5, 0.6) is 0 Å². The van der Waals surface area contributed by atoms with Crippen molar-refractivity contribution in [3.8, 4) is 0 Å². The lowest BCUT2D eigenvalue weighted by atomic mass is 10.2. The number of nitrogen functional groups attached to an aromatic ring is 1. The zero-order chi connectivity index (χ0) is 9.80. The van der Waals surface area contributed by atoms with Crippen LogP contribution >= 0.6 is 0 Å². The van der Waals surface area contributed by atoms with Crippen molar-refractivity contribution in [1.82, 2.24) is 10.2 Å². The van der Waals surface area contributed by atoms with Crippen LogP contribution in [0.3, 0.4) is 0 Å². The number of para-hydroxylation sites is 1. The van der Waals surface area contributed by atoms with Gasteiger partial charge in [-0.25, -0.2) is 0 Å². The van der Waals surface area contributed by atoms with Gasteiger partial charge in [-0.05, 0) is 12.1 Å². The van der Waals surface area contributed by atoms with Gasteiger partial charge in [-0.3, -0.25) is 5.10 Å². The fourth-order valence-electron chi connectivity index (χ4n) is 1.27. The molecule has 0 amide bonds. The third-order valence-electron chi connectivity index (χ3n) is 1.96. The third kappa shape index (κ3) is 1.66. The normalized spacial score (nSPS) is 9.71. The molecule has 0 aliphatic heterocycles. The van der Waals surface area contributed by atoms with Crippen molar-refractivity contribution in [3.63, 3.8) is 0 Å². The Kier molecular flexibility index (Phi) is 2.32. The van der Waals surface area contributed by atoms with Crippen LogP contribution in [0.15, 0.2) is 48.7 Å². The van der Waals surface area contributed by atoms with E-state index in [1.54, 1.807) is 6.20 Å². The summed E-state index contributed by atoms with van der Waals surface area (Å²) in [6.45, 7) is 0. The van der Waals surface area contributed by atoms with E-state index < -0.39 is 0 Å². The maximum absolute atomic E-state index is 5.82. The van der Waals surface area contributed by atoms with Crippen molar-refractivity contribution < 1.29 is 0 Å². The molecule has 0 saturated carbocycles. The maximum atomic E-state index is 5.82. The van der Waals surface area contributed by atoms with Crippen LogP contribution < -0.4 is 5.73 Å². The van der Waals surface area contributed by atoms with Crippen LogP contribution in [0.25, 0.3) is 10.9 Å². The minimum atomic E-state index is 0.700. The van der Waals surface area contributed by atoms with Gasteiger partial charge >= 0.3 is 0 Å². The molecule has 3 N–H and O–H groups in total. The SMILES string of the molecule is Nc1cccc2cccccn[nH]c12. The number of hydrogen-bond donors (Lipinski definition) is 2. The van der Waals surface area contributed by atoms with Crippen LogP contribution in [0, 0.1) is 0 Å². The van der Waals surface area contributed by atoms with E-state index in [9.17, 15) is 0 Å². The largest absolute Gasteiger partial charge is 0.397 e. The van der Waals surface area contributed by atoms with E-state index in [1.807, 2.05) is 42.5 Å². The Balaban J connectivity index is 2.88. The Hall–Kier alpha value is -2.03. The molecule has 0 fully saturated rings. The van der Waals surface area contributed by atoms with E-state index >= 15 is 0 Å². The maximum Gasteiger partial charge on any atom is 0.0863 e. The second kappa shape index (κ2) is 3.79. The first-order valence-electron chi connectivity index (χ1n) is 4.39. The average Bonchev–Trinajstić information content (AvgIpc) is 2.30. The molecule has 0 radical (unpaired) electrons. The molecule has 14 heavy (non-hydrogen) atoms. The minimum Gasteiger partial charge on any atom is -0.397 e. The Morgan fingerprint density at radius 1 is 1.00 bits per heavy atom. The molecular formula is C11H11N3. The van der Waals surface area contributed by atoms with Gasteiger partial charge in [-0.15, -0.1) is 0 Å². The molecule has 0 aliphatic carbocycles. The number of hydrogen-bond acceptors (Lipinski definition) is 2. The third-order valence-corrected chi connectivity index (χ3v) is 1.96. The van der Waals surface area contributed by atoms with Crippen LogP contribution in [0.4, 0.5) is 5.69 Å². The van der Waals surface area contributed by atoms with Gasteiger partial charge in [0.25, 0.3) is 0 Å². The first kappa shape index (κ1) is 8.56. The standard InChI is InChI=1S/C11H11N3/c12-10-7-4-6-9-5-2-1-3-8-13-14-11(9)10/h1-8,14H,12H2. The summed E-state index contributed by atoms with van der Waals surface area (Å²) in [6.07, 6.45) is 1.69. The molecule has 3 heteroatoms. The molecule has 1 heterocycles. The van der Waals surface area contributed by atoms with Gasteiger partial charge in [0, 0.05) is 11.6 Å². The molecule has 1 aromatic carbocycles. The van der Waals surface area contributed by atoms with Gasteiger partial charge in [0.15, 0.2) is 0 Å². The van der Waals surface area contributed by atoms with Crippen molar-refractivity contribution in [3.05, 3.63) is 48.7 Å². The molecule has 0 unspecified atom stereocenters. The fraction of sp³-hybridized carbons (Fsp3) is 0. The lowest BCUT2D eigenvalue weighted by Crippen LogP contribution is -1.87. The number of fused-ring (bicyclic) bond motifs is 1. The number of H-pyrrole nitrogens is 1. The molecule has 2 rings (SSSR count). The van der Waals surface area contributed by atoms with E-state index in [0.29, 0.717) is 5.69 Å². The summed E-state index contributed by atoms with van der Waals surface area (Å²) in [5.74, 6) is 0. The van der Waals surface area contributed by atoms with Gasteiger partial charge in [0.1, 0.15) is 0 Å². The lowest BCUT2D eigenvalue weighted by Gasteiger charge is -1.96. The monoisotopic (exact) mass is 185 g/mol. The van der Waals surface area contributed by atoms with E-state index in [-0.39, 0.29) is 0 Å². The van der Waals surface area contributed by atoms with Crippen LogP contribution in [-0.4, -0.2) is 10.2 Å². The van der Waals surface area contributed by atoms with Gasteiger partial charge < -0.3 is 5.73 Å². The number of anilines is 1. The Labute approximate surface area is 81.9 Å². The lowest BCUT2D eigenvalue weighted by molar-refractivity contribution is 1.09. The van der Waals surface area contributed by atoms with E-state index in [1.165, 1.54) is 0 Å². The van der Waals surface area contributed by atoms with E-state index in [2.05, 4.69) is 10.2 Å². The molecular weight excluding hydrogens is 174 g/mol. The zero-order valence-corrected chi connectivity index (χ0v) is 7.64. The summed E-state index contributed by atoms with van der Waals surface area (Å²) in [5, 5.41) is 7.96. The summed E-state index contributed by atoms with van der Waals surface area (Å²) in [6, 6.07) is 13.5. The molecule has 0 spiro atoms. The van der Waals surface area contributed by atoms with Crippen molar-refractivity contribution in [2.45, 2.75) is 0 Å². The number of aromatic nitrogens is 2. The second-order valence-electron chi connectivity index (χ2n) is 2.95. The van der Waals surface area contributed by atoms with Gasteiger partial charge in [-0.2, -0.15) is 5.10 Å². The van der Waals surface area contributed by atoms with Crippen LogP contribution in [0.1, 0.15) is 0 Å². The molecule has 0 aliphatic rings. The number of benzene rings is 1. The quantitative estimate of drug-likeness (QED) is 0.618. The molecule has 3 nitrogen and oxygen atoms in total. The molecule has 1 aromatic heterocycles. The van der Waals surface area contributed by atoms with Crippen LogP contribution in [0.2, 0.25) is 0 Å². The minimum absolute atomic E-state index is 0.700. The predicted molar refractivity (Wildman–Crippen MR) is 58.1 cm³/mol. The zero-order valence-electron chi connectivity index (χ0n) is 7.64. The first-order valence-corrected chi connectivity index (χ1v) is 4.39. The summed E-state index contributed by atoms with van der Waals surface area (Å²) in [7, 11) is 0. The summed E-state index contributed by atoms with van der Waals surface area (Å²) in [4.78, 5) is 0. The molecule has 0 bridgehead atoms. The molecule has 2 aromatic rings. The molecule has 70 valence electrons. The van der Waals surface area contributed by atoms with Crippen molar-refractivity contribution >= 4 is 16.6 Å². The van der Waals surface area contributed by atoms with Crippen molar-refractivity contribution in [1.29, 1.82) is 0 Å². The highest BCUT2D eigenvalue weighted by Crippen LogP contribution is 2.14. The van der Waals surface area contributed by atoms with Crippen molar-refractivity contribution in [2.24, 2.45) is 0 Å². The van der Waals surface area contributed by atoms with Crippen LogP contribution in [-0.2, 0) is 0 Å². The fourth-order valence-corrected chi connectivity index (χ4v) is 1.27. The van der Waals surface area contributed by atoms with E-state index in [4.69, 9.17) is 5.73 Å². The second-order valence-corrected chi connectivity index (χ2v) is 2.95. The summed E-state index contributed by atoms with van der Waals surface area (Å²) < 4.78 is 0. The predicted octanol–water partition coefficient (Wildman–Crippen LogP) is 2.27. The Morgan fingerprint density at radius 3 is 2.79 bits per heavy atom. The molecule has 0 saturated heterocycles. The highest BCUT2D eigenvalue weighted by Gasteiger charge is 1.92. The number of nitrogens with one attached hydrogen (secondary N) is 1. The Morgan fingerprint density at radius 2 is 1.86 bits per heavy atom. The smallest absolute Gasteiger partial charge is 0.0863 e. The average molecular weight is 185 g/mol. The van der Waals surface area contributed by atoms with Gasteiger partial charge in [-0.1, -0.05) is 30.3 Å². The van der Waals surface area contributed by atoms with Gasteiger partial charge in [0.05, 0.1) is 11.2 Å². The number of aromatic amines is 1. The topological polar surface area (TPSA) is 54.7 Å². The number of nitrogens with two attached hydrogens (primary N) is 1. The molecule has 0 atom stereocenters. The summed E-state index contributed by atoms with van der Waals surface area (Å²) >= 11 is 0. The number of nitrogens with zero attached hydrogens (tertiary/aromatic N) is 1. The highest BCUT2D eigenvalue weighted by molar-refractivity contribution is 5.88. The van der Waals surface area contributed by atoms with E-state index in [0.717, 1.165) is 10.9 Å². The highest BCUT2D eigenvalue weighted by atomic mass is 15.1. The van der Waals surface area contributed by atoms with Gasteiger partial charge in [0.2, 0.25) is 0 Å². The summed E-state index contributed by atoms with van der Waals surface area (Å²) in [5.41, 5.74) is 7.37.